The molecule has 1 aromatic carbocycles. The summed E-state index contributed by atoms with van der Waals surface area (Å²) in [5.74, 6) is 0.620. The van der Waals surface area contributed by atoms with Crippen molar-refractivity contribution in [1.29, 1.82) is 0 Å². The molecule has 2 N–H and O–H groups in total. The fraction of sp³-hybridized carbons (Fsp3) is 0.368. The van der Waals surface area contributed by atoms with Gasteiger partial charge in [-0.2, -0.15) is 0 Å². The molecular weight excluding hydrogens is 389 g/mol. The smallest absolute Gasteiger partial charge is 0.251 e. The van der Waals surface area contributed by atoms with Crippen molar-refractivity contribution >= 4 is 30.7 Å². The lowest BCUT2D eigenvalue weighted by Crippen LogP contribution is -2.33. The van der Waals surface area contributed by atoms with Crippen molar-refractivity contribution in [1.82, 2.24) is 15.6 Å². The van der Waals surface area contributed by atoms with Crippen LogP contribution in [0.3, 0.4) is 0 Å². The number of pyridine rings is 1. The molecule has 0 saturated carbocycles. The van der Waals surface area contributed by atoms with Crippen LogP contribution in [0, 0.1) is 6.92 Å². The van der Waals surface area contributed by atoms with Gasteiger partial charge in [0.05, 0.1) is 12.8 Å². The molecule has 1 aromatic heterocycles. The predicted octanol–water partition coefficient (Wildman–Crippen LogP) is 2.78. The number of aromatic nitrogens is 1. The summed E-state index contributed by atoms with van der Waals surface area (Å²) < 4.78 is 10.6. The molecule has 0 fully saturated rings. The molecule has 0 unspecified atom stereocenters. The van der Waals surface area contributed by atoms with Crippen LogP contribution < -0.4 is 15.4 Å². The normalized spacial score (nSPS) is 9.70. The number of benzene rings is 1. The van der Waals surface area contributed by atoms with Crippen LogP contribution in [0.2, 0.25) is 0 Å². The minimum Gasteiger partial charge on any atom is -0.487 e. The highest BCUT2D eigenvalue weighted by atomic mass is 35.5. The SMILES string of the molecule is COCCNCCNC(=O)c1cccc(COc2ccc(C)nc2)c1.Cl.Cl. The van der Waals surface area contributed by atoms with Gasteiger partial charge in [0.25, 0.3) is 5.91 Å². The van der Waals surface area contributed by atoms with Crippen LogP contribution in [-0.4, -0.2) is 44.2 Å². The molecule has 0 aliphatic heterocycles. The van der Waals surface area contributed by atoms with Gasteiger partial charge in [0, 0.05) is 38.0 Å². The second-order valence-electron chi connectivity index (χ2n) is 5.62. The summed E-state index contributed by atoms with van der Waals surface area (Å²) in [5.41, 5.74) is 2.51. The van der Waals surface area contributed by atoms with Crippen LogP contribution in [0.5, 0.6) is 5.75 Å². The Hall–Kier alpha value is -1.86. The van der Waals surface area contributed by atoms with Gasteiger partial charge in [0.1, 0.15) is 12.4 Å². The Morgan fingerprint density at radius 1 is 1.11 bits per heavy atom. The number of methoxy groups -OCH3 is 1. The molecule has 0 atom stereocenters. The zero-order valence-corrected chi connectivity index (χ0v) is 17.2. The number of carbonyl (C=O) groups excluding carboxylic acids is 1. The van der Waals surface area contributed by atoms with Gasteiger partial charge in [0.15, 0.2) is 0 Å². The van der Waals surface area contributed by atoms with Gasteiger partial charge < -0.3 is 20.1 Å². The summed E-state index contributed by atoms with van der Waals surface area (Å²) in [6.45, 7) is 5.03. The fourth-order valence-corrected chi connectivity index (χ4v) is 2.17. The quantitative estimate of drug-likeness (QED) is 0.583. The number of carbonyl (C=O) groups is 1. The summed E-state index contributed by atoms with van der Waals surface area (Å²) in [7, 11) is 1.66. The summed E-state index contributed by atoms with van der Waals surface area (Å²) in [6.07, 6.45) is 1.70. The minimum absolute atomic E-state index is 0. The first kappa shape index (κ1) is 25.1. The van der Waals surface area contributed by atoms with Crippen molar-refractivity contribution in [2.75, 3.05) is 33.4 Å². The molecule has 6 nitrogen and oxygen atoms in total. The van der Waals surface area contributed by atoms with E-state index < -0.39 is 0 Å². The average Bonchev–Trinajstić information content (AvgIpc) is 2.64. The zero-order valence-electron chi connectivity index (χ0n) is 15.6. The first-order valence-corrected chi connectivity index (χ1v) is 8.31. The van der Waals surface area contributed by atoms with Crippen LogP contribution in [0.4, 0.5) is 0 Å². The second-order valence-corrected chi connectivity index (χ2v) is 5.62. The van der Waals surface area contributed by atoms with Gasteiger partial charge >= 0.3 is 0 Å². The number of nitrogens with one attached hydrogen (secondary N) is 2. The predicted molar refractivity (Wildman–Crippen MR) is 111 cm³/mol. The molecule has 8 heteroatoms. The van der Waals surface area contributed by atoms with E-state index in [9.17, 15) is 4.79 Å². The number of hydrogen-bond donors (Lipinski definition) is 2. The largest absolute Gasteiger partial charge is 0.487 e. The average molecular weight is 416 g/mol. The van der Waals surface area contributed by atoms with Gasteiger partial charge in [-0.25, -0.2) is 0 Å². The van der Waals surface area contributed by atoms with E-state index in [0.717, 1.165) is 17.8 Å². The number of ether oxygens (including phenoxy) is 2. The van der Waals surface area contributed by atoms with Crippen molar-refractivity contribution in [3.05, 3.63) is 59.4 Å². The minimum atomic E-state index is -0.0904. The molecule has 1 amide bonds. The van der Waals surface area contributed by atoms with Crippen LogP contribution in [0.1, 0.15) is 21.6 Å². The molecule has 2 aromatic rings. The standard InChI is InChI=1S/C19H25N3O3.2ClH/c1-15-6-7-18(13-22-15)25-14-16-4-3-5-17(12-16)19(23)21-9-8-20-10-11-24-2;;/h3-7,12-13,20H,8-11,14H2,1-2H3,(H,21,23);2*1H. The lowest BCUT2D eigenvalue weighted by Gasteiger charge is -2.09. The Morgan fingerprint density at radius 2 is 1.93 bits per heavy atom. The Balaban J connectivity index is 0.00000338. The monoisotopic (exact) mass is 415 g/mol. The number of rotatable bonds is 10. The van der Waals surface area contributed by atoms with Gasteiger partial charge in [-0.05, 0) is 36.8 Å². The van der Waals surface area contributed by atoms with Crippen LogP contribution in [0.15, 0.2) is 42.6 Å². The van der Waals surface area contributed by atoms with E-state index in [1.807, 2.05) is 37.3 Å². The zero-order chi connectivity index (χ0) is 17.9. The third kappa shape index (κ3) is 9.58. The summed E-state index contributed by atoms with van der Waals surface area (Å²) in [6, 6.07) is 11.2. The van der Waals surface area contributed by atoms with Crippen LogP contribution in [0.25, 0.3) is 0 Å². The maximum absolute atomic E-state index is 12.2. The molecule has 0 radical (unpaired) electrons. The number of amides is 1. The van der Waals surface area contributed by atoms with Crippen LogP contribution in [-0.2, 0) is 11.3 Å². The van der Waals surface area contributed by atoms with E-state index in [1.165, 1.54) is 0 Å². The molecule has 0 aliphatic rings. The Morgan fingerprint density at radius 3 is 2.63 bits per heavy atom. The van der Waals surface area contributed by atoms with E-state index in [4.69, 9.17) is 9.47 Å². The topological polar surface area (TPSA) is 72.5 Å². The van der Waals surface area contributed by atoms with Crippen molar-refractivity contribution in [2.45, 2.75) is 13.5 Å². The number of nitrogens with zero attached hydrogens (tertiary/aromatic N) is 1. The Labute approximate surface area is 172 Å². The lowest BCUT2D eigenvalue weighted by atomic mass is 10.1. The number of hydrogen-bond acceptors (Lipinski definition) is 5. The highest BCUT2D eigenvalue weighted by Crippen LogP contribution is 2.12. The molecule has 27 heavy (non-hydrogen) atoms. The lowest BCUT2D eigenvalue weighted by molar-refractivity contribution is 0.0953. The molecule has 150 valence electrons. The van der Waals surface area contributed by atoms with E-state index >= 15 is 0 Å². The fourth-order valence-electron chi connectivity index (χ4n) is 2.17. The van der Waals surface area contributed by atoms with Crippen molar-refractivity contribution < 1.29 is 14.3 Å². The van der Waals surface area contributed by atoms with Gasteiger partial charge in [-0.3, -0.25) is 9.78 Å². The Bertz CT molecular complexity index is 670. The van der Waals surface area contributed by atoms with E-state index in [2.05, 4.69) is 15.6 Å². The first-order chi connectivity index (χ1) is 12.2. The first-order valence-electron chi connectivity index (χ1n) is 8.31. The van der Waals surface area contributed by atoms with E-state index in [-0.39, 0.29) is 30.7 Å². The molecule has 0 spiro atoms. The maximum Gasteiger partial charge on any atom is 0.251 e. The highest BCUT2D eigenvalue weighted by Gasteiger charge is 2.06. The van der Waals surface area contributed by atoms with Crippen molar-refractivity contribution in [2.24, 2.45) is 0 Å². The molecule has 0 saturated heterocycles. The van der Waals surface area contributed by atoms with Crippen molar-refractivity contribution in [3.8, 4) is 5.75 Å². The van der Waals surface area contributed by atoms with E-state index in [0.29, 0.717) is 37.6 Å². The third-order valence-corrected chi connectivity index (χ3v) is 3.55. The number of halogens is 2. The molecule has 1 heterocycles. The maximum atomic E-state index is 12.2. The Kier molecular flexibility index (Phi) is 13.2. The van der Waals surface area contributed by atoms with Gasteiger partial charge in [-0.15, -0.1) is 24.8 Å². The molecule has 2 rings (SSSR count). The summed E-state index contributed by atoms with van der Waals surface area (Å²) in [4.78, 5) is 16.4. The summed E-state index contributed by atoms with van der Waals surface area (Å²) >= 11 is 0. The van der Waals surface area contributed by atoms with Gasteiger partial charge in [0.2, 0.25) is 0 Å². The molecular formula is C19H27Cl2N3O3. The van der Waals surface area contributed by atoms with Gasteiger partial charge in [-0.1, -0.05) is 12.1 Å². The van der Waals surface area contributed by atoms with Crippen LogP contribution >= 0.6 is 24.8 Å². The molecule has 0 bridgehead atoms. The molecule has 0 aliphatic carbocycles. The summed E-state index contributed by atoms with van der Waals surface area (Å²) in [5, 5.41) is 6.07. The van der Waals surface area contributed by atoms with Crippen molar-refractivity contribution in [3.63, 3.8) is 0 Å². The second kappa shape index (κ2) is 14.2. The third-order valence-electron chi connectivity index (χ3n) is 3.55. The van der Waals surface area contributed by atoms with E-state index in [1.54, 1.807) is 19.4 Å². The highest BCUT2D eigenvalue weighted by molar-refractivity contribution is 5.94. The number of aryl methyl sites for hydroxylation is 1.